The Bertz CT molecular complexity index is 640. The molecule has 2 unspecified atom stereocenters. The second kappa shape index (κ2) is 6.86. The molecule has 118 valence electrons. The third-order valence-electron chi connectivity index (χ3n) is 3.85. The monoisotopic (exact) mass is 339 g/mol. The van der Waals surface area contributed by atoms with Crippen molar-refractivity contribution >= 4 is 29.1 Å². The van der Waals surface area contributed by atoms with Crippen LogP contribution in [0, 0.1) is 12.8 Å². The Morgan fingerprint density at radius 2 is 2.18 bits per heavy atom. The first-order valence-corrected chi connectivity index (χ1v) is 7.73. The van der Waals surface area contributed by atoms with Crippen LogP contribution in [-0.2, 0) is 22.6 Å². The highest BCUT2D eigenvalue weighted by Crippen LogP contribution is 2.40. The molecule has 2 atom stereocenters. The number of ether oxygens (including phenoxy) is 1. The molecule has 1 aliphatic rings. The van der Waals surface area contributed by atoms with E-state index in [1.165, 1.54) is 0 Å². The fraction of sp³-hybridized carbons (Fsp3) is 0.353. The van der Waals surface area contributed by atoms with Gasteiger partial charge in [0.15, 0.2) is 0 Å². The molecule has 0 aliphatic heterocycles. The molecule has 2 N–H and O–H groups in total. The minimum absolute atomic E-state index is 0.373. The van der Waals surface area contributed by atoms with E-state index in [4.69, 9.17) is 33.7 Å². The maximum absolute atomic E-state index is 11.7. The number of aryl methyl sites for hydroxylation is 1. The van der Waals surface area contributed by atoms with E-state index >= 15 is 0 Å². The average Bonchev–Trinajstić information content (AvgIpc) is 2.41. The summed E-state index contributed by atoms with van der Waals surface area (Å²) in [6.07, 6.45) is 5.68. The zero-order chi connectivity index (χ0) is 16.3. The molecule has 1 aromatic carbocycles. The zero-order valence-electron chi connectivity index (χ0n) is 12.6. The number of amides is 1. The fourth-order valence-electron chi connectivity index (χ4n) is 2.75. The molecular weight excluding hydrogens is 321 g/mol. The molecule has 0 aromatic heterocycles. The smallest absolute Gasteiger partial charge is 0.228 e. The number of primary amides is 1. The number of carbonyl (C=O) groups is 1. The number of halogens is 2. The minimum atomic E-state index is -0.938. The zero-order valence-corrected chi connectivity index (χ0v) is 14.1. The molecule has 0 fully saturated rings. The summed E-state index contributed by atoms with van der Waals surface area (Å²) < 4.78 is 5.16. The number of methoxy groups -OCH3 is 1. The van der Waals surface area contributed by atoms with Crippen LogP contribution >= 0.6 is 23.2 Å². The van der Waals surface area contributed by atoms with E-state index in [0.717, 1.165) is 16.7 Å². The van der Waals surface area contributed by atoms with E-state index in [-0.39, 0.29) is 0 Å². The van der Waals surface area contributed by atoms with E-state index in [1.54, 1.807) is 25.3 Å². The van der Waals surface area contributed by atoms with Crippen LogP contribution in [0.1, 0.15) is 16.7 Å². The first-order valence-electron chi connectivity index (χ1n) is 6.98. The van der Waals surface area contributed by atoms with Gasteiger partial charge in [0.25, 0.3) is 0 Å². The van der Waals surface area contributed by atoms with Crippen LogP contribution < -0.4 is 5.73 Å². The molecule has 0 bridgehead atoms. The van der Waals surface area contributed by atoms with Gasteiger partial charge < -0.3 is 10.5 Å². The first kappa shape index (κ1) is 17.1. The molecule has 0 saturated heterocycles. The van der Waals surface area contributed by atoms with Crippen LogP contribution in [0.2, 0.25) is 0 Å². The Balaban J connectivity index is 2.28. The molecule has 5 heteroatoms. The predicted octanol–water partition coefficient (Wildman–Crippen LogP) is 3.46. The van der Waals surface area contributed by atoms with Crippen molar-refractivity contribution < 1.29 is 9.53 Å². The Morgan fingerprint density at radius 3 is 2.77 bits per heavy atom. The van der Waals surface area contributed by atoms with Crippen LogP contribution in [0.25, 0.3) is 0 Å². The lowest BCUT2D eigenvalue weighted by Crippen LogP contribution is -2.42. The number of benzene rings is 1. The second-order valence-electron chi connectivity index (χ2n) is 5.54. The maximum atomic E-state index is 11.7. The highest BCUT2D eigenvalue weighted by atomic mass is 35.5. The summed E-state index contributed by atoms with van der Waals surface area (Å²) in [6.45, 7) is 2.59. The molecule has 3 nitrogen and oxygen atoms in total. The predicted molar refractivity (Wildman–Crippen MR) is 89.9 cm³/mol. The molecule has 0 saturated carbocycles. The van der Waals surface area contributed by atoms with Crippen molar-refractivity contribution in [3.63, 3.8) is 0 Å². The van der Waals surface area contributed by atoms with Gasteiger partial charge in [-0.25, -0.2) is 0 Å². The third kappa shape index (κ3) is 3.54. The van der Waals surface area contributed by atoms with Crippen molar-refractivity contribution in [2.45, 2.75) is 24.8 Å². The summed E-state index contributed by atoms with van der Waals surface area (Å²) >= 11 is 12.8. The van der Waals surface area contributed by atoms with Crippen LogP contribution in [0.4, 0.5) is 0 Å². The standard InChI is InChI=1S/C17H19Cl2NO2/c1-11-8-12(5-6-13(11)10-22-2)9-17(19)7-3-4-14(18)15(17)16(20)21/h3-8,15H,9-10H2,1-2H3,(H2,20,21). The van der Waals surface area contributed by atoms with Gasteiger partial charge in [-0.3, -0.25) is 4.79 Å². The molecular formula is C17H19Cl2NO2. The van der Waals surface area contributed by atoms with Gasteiger partial charge in [-0.1, -0.05) is 42.0 Å². The maximum Gasteiger partial charge on any atom is 0.228 e. The molecule has 1 aliphatic carbocycles. The van der Waals surface area contributed by atoms with Crippen LogP contribution in [0.5, 0.6) is 0 Å². The van der Waals surface area contributed by atoms with Crippen molar-refractivity contribution in [3.8, 4) is 0 Å². The van der Waals surface area contributed by atoms with Crippen LogP contribution in [0.3, 0.4) is 0 Å². The Hall–Kier alpha value is -1.29. The first-order chi connectivity index (χ1) is 10.4. The van der Waals surface area contributed by atoms with Crippen molar-refractivity contribution in [3.05, 3.63) is 58.1 Å². The lowest BCUT2D eigenvalue weighted by atomic mass is 9.81. The fourth-order valence-corrected chi connectivity index (χ4v) is 3.64. The molecule has 0 heterocycles. The Labute approximate surface area is 140 Å². The summed E-state index contributed by atoms with van der Waals surface area (Å²) in [6, 6.07) is 6.05. The summed E-state index contributed by atoms with van der Waals surface area (Å²) in [5, 5.41) is 0.373. The molecule has 0 spiro atoms. The van der Waals surface area contributed by atoms with Crippen LogP contribution in [-0.4, -0.2) is 17.9 Å². The number of allylic oxidation sites excluding steroid dienone is 3. The summed E-state index contributed by atoms with van der Waals surface area (Å²) in [4.78, 5) is 10.8. The molecule has 1 amide bonds. The highest BCUT2D eigenvalue weighted by Gasteiger charge is 2.42. The van der Waals surface area contributed by atoms with Gasteiger partial charge in [0.05, 0.1) is 17.4 Å². The van der Waals surface area contributed by atoms with Gasteiger partial charge in [0.1, 0.15) is 0 Å². The Morgan fingerprint density at radius 1 is 1.45 bits per heavy atom. The third-order valence-corrected chi connectivity index (χ3v) is 4.67. The van der Waals surface area contributed by atoms with Crippen molar-refractivity contribution in [2.75, 3.05) is 7.11 Å². The quantitative estimate of drug-likeness (QED) is 0.835. The molecule has 1 aromatic rings. The van der Waals surface area contributed by atoms with Gasteiger partial charge in [-0.15, -0.1) is 11.6 Å². The number of hydrogen-bond acceptors (Lipinski definition) is 2. The van der Waals surface area contributed by atoms with E-state index in [1.807, 2.05) is 19.1 Å². The average molecular weight is 340 g/mol. The van der Waals surface area contributed by atoms with Crippen molar-refractivity contribution in [2.24, 2.45) is 11.7 Å². The molecule has 2 rings (SSSR count). The Kier molecular flexibility index (Phi) is 5.32. The second-order valence-corrected chi connectivity index (χ2v) is 6.68. The lowest BCUT2D eigenvalue weighted by Gasteiger charge is -2.33. The van der Waals surface area contributed by atoms with E-state index < -0.39 is 16.7 Å². The number of carbonyl (C=O) groups excluding carboxylic acids is 1. The highest BCUT2D eigenvalue weighted by molar-refractivity contribution is 6.35. The van der Waals surface area contributed by atoms with Gasteiger partial charge in [0, 0.05) is 12.1 Å². The number of hydrogen-bond donors (Lipinski definition) is 1. The van der Waals surface area contributed by atoms with Gasteiger partial charge in [-0.2, -0.15) is 0 Å². The number of alkyl halides is 1. The van der Waals surface area contributed by atoms with Gasteiger partial charge >= 0.3 is 0 Å². The molecule has 22 heavy (non-hydrogen) atoms. The van der Waals surface area contributed by atoms with Crippen molar-refractivity contribution in [1.82, 2.24) is 0 Å². The van der Waals surface area contributed by atoms with Gasteiger partial charge in [-0.05, 0) is 36.1 Å². The van der Waals surface area contributed by atoms with Gasteiger partial charge in [0.2, 0.25) is 5.91 Å². The van der Waals surface area contributed by atoms with E-state index in [9.17, 15) is 4.79 Å². The van der Waals surface area contributed by atoms with Crippen LogP contribution in [0.15, 0.2) is 41.5 Å². The van der Waals surface area contributed by atoms with E-state index in [2.05, 4.69) is 6.07 Å². The SMILES string of the molecule is COCc1ccc(CC2(Cl)C=CC=C(Cl)C2C(N)=O)cc1C. The summed E-state index contributed by atoms with van der Waals surface area (Å²) in [5.74, 6) is -1.24. The summed E-state index contributed by atoms with van der Waals surface area (Å²) in [5.41, 5.74) is 8.75. The minimum Gasteiger partial charge on any atom is -0.380 e. The summed E-state index contributed by atoms with van der Waals surface area (Å²) in [7, 11) is 1.67. The topological polar surface area (TPSA) is 52.3 Å². The normalized spacial score (nSPS) is 24.2. The van der Waals surface area contributed by atoms with E-state index in [0.29, 0.717) is 18.1 Å². The lowest BCUT2D eigenvalue weighted by molar-refractivity contribution is -0.121. The van der Waals surface area contributed by atoms with Crippen molar-refractivity contribution in [1.29, 1.82) is 0 Å². The number of nitrogens with two attached hydrogens (primary N) is 1. The largest absolute Gasteiger partial charge is 0.380 e. The number of rotatable bonds is 5. The molecule has 0 radical (unpaired) electrons.